The van der Waals surface area contributed by atoms with Crippen LogP contribution in [-0.2, 0) is 10.0 Å². The van der Waals surface area contributed by atoms with Crippen LogP contribution in [-0.4, -0.2) is 33.4 Å². The molecule has 2 aliphatic rings. The van der Waals surface area contributed by atoms with E-state index in [1.54, 1.807) is 17.8 Å². The van der Waals surface area contributed by atoms with Crippen LogP contribution in [0.3, 0.4) is 0 Å². The van der Waals surface area contributed by atoms with Crippen molar-refractivity contribution in [2.24, 2.45) is 5.92 Å². The minimum atomic E-state index is -3.66. The Labute approximate surface area is 190 Å². The van der Waals surface area contributed by atoms with E-state index in [2.05, 4.69) is 23.5 Å². The summed E-state index contributed by atoms with van der Waals surface area (Å²) in [6, 6.07) is 13.7. The van der Waals surface area contributed by atoms with E-state index in [0.717, 1.165) is 41.3 Å². The van der Waals surface area contributed by atoms with Gasteiger partial charge >= 0.3 is 0 Å². The van der Waals surface area contributed by atoms with E-state index in [9.17, 15) is 8.42 Å². The molecule has 7 heteroatoms. The number of rotatable bonds is 9. The lowest BCUT2D eigenvalue weighted by molar-refractivity contribution is 0.292. The van der Waals surface area contributed by atoms with Crippen molar-refractivity contribution in [1.82, 2.24) is 4.72 Å². The SMILES string of the molecule is CCCCC1CN(c2ccccc2)c2cc(SCC)c(OCC3CC3)cc2S(=O)(=O)N1. The van der Waals surface area contributed by atoms with E-state index in [1.165, 1.54) is 12.8 Å². The first-order valence-corrected chi connectivity index (χ1v) is 13.8. The van der Waals surface area contributed by atoms with Gasteiger partial charge in [-0.25, -0.2) is 13.1 Å². The smallest absolute Gasteiger partial charge is 0.243 e. The molecule has 1 fully saturated rings. The van der Waals surface area contributed by atoms with Crippen LogP contribution in [0.2, 0.25) is 0 Å². The molecule has 2 aromatic carbocycles. The summed E-state index contributed by atoms with van der Waals surface area (Å²) in [4.78, 5) is 3.46. The van der Waals surface area contributed by atoms with Crippen LogP contribution >= 0.6 is 11.8 Å². The first kappa shape index (κ1) is 22.5. The van der Waals surface area contributed by atoms with E-state index in [1.807, 2.05) is 36.4 Å². The van der Waals surface area contributed by atoms with Crippen molar-refractivity contribution in [2.75, 3.05) is 23.8 Å². The number of nitrogens with one attached hydrogen (secondary N) is 1. The Balaban J connectivity index is 1.81. The van der Waals surface area contributed by atoms with Gasteiger partial charge in [-0.2, -0.15) is 0 Å². The van der Waals surface area contributed by atoms with Gasteiger partial charge in [0.1, 0.15) is 10.6 Å². The van der Waals surface area contributed by atoms with Gasteiger partial charge in [-0.3, -0.25) is 0 Å². The van der Waals surface area contributed by atoms with E-state index in [0.29, 0.717) is 29.7 Å². The molecule has 2 aromatic rings. The maximum Gasteiger partial charge on any atom is 0.243 e. The van der Waals surface area contributed by atoms with Crippen molar-refractivity contribution in [3.05, 3.63) is 42.5 Å². The fourth-order valence-corrected chi connectivity index (χ4v) is 6.15. The Kier molecular flexibility index (Phi) is 7.14. The Hall–Kier alpha value is -1.70. The second-order valence-corrected chi connectivity index (χ2v) is 11.3. The van der Waals surface area contributed by atoms with Gasteiger partial charge in [0.05, 0.1) is 17.2 Å². The summed E-state index contributed by atoms with van der Waals surface area (Å²) >= 11 is 1.70. The van der Waals surface area contributed by atoms with E-state index in [4.69, 9.17) is 4.74 Å². The van der Waals surface area contributed by atoms with Gasteiger partial charge < -0.3 is 9.64 Å². The zero-order valence-electron chi connectivity index (χ0n) is 18.3. The Morgan fingerprint density at radius 3 is 2.61 bits per heavy atom. The fraction of sp³-hybridized carbons (Fsp3) is 0.500. The lowest BCUT2D eigenvalue weighted by Gasteiger charge is -2.28. The van der Waals surface area contributed by atoms with Crippen LogP contribution in [0.1, 0.15) is 46.0 Å². The maximum atomic E-state index is 13.4. The number of sulfonamides is 1. The van der Waals surface area contributed by atoms with Gasteiger partial charge in [-0.15, -0.1) is 11.8 Å². The molecule has 0 spiro atoms. The molecule has 1 aliphatic heterocycles. The topological polar surface area (TPSA) is 58.6 Å². The van der Waals surface area contributed by atoms with Crippen LogP contribution in [0.4, 0.5) is 11.4 Å². The lowest BCUT2D eigenvalue weighted by Crippen LogP contribution is -2.39. The number of hydrogen-bond acceptors (Lipinski definition) is 5. The average Bonchev–Trinajstić information content (AvgIpc) is 3.60. The summed E-state index contributed by atoms with van der Waals surface area (Å²) in [6.45, 7) is 5.50. The normalized spacial score (nSPS) is 20.2. The van der Waals surface area contributed by atoms with Crippen molar-refractivity contribution < 1.29 is 13.2 Å². The summed E-state index contributed by atoms with van der Waals surface area (Å²) < 4.78 is 35.9. The molecule has 5 nitrogen and oxygen atoms in total. The highest BCUT2D eigenvalue weighted by Gasteiger charge is 2.33. The van der Waals surface area contributed by atoms with Gasteiger partial charge in [0.25, 0.3) is 0 Å². The predicted molar refractivity (Wildman–Crippen MR) is 128 cm³/mol. The van der Waals surface area contributed by atoms with E-state index < -0.39 is 10.0 Å². The monoisotopic (exact) mass is 460 g/mol. The van der Waals surface area contributed by atoms with Gasteiger partial charge in [0, 0.05) is 24.3 Å². The Bertz CT molecular complexity index is 991. The van der Waals surface area contributed by atoms with Crippen molar-refractivity contribution in [3.8, 4) is 5.75 Å². The standard InChI is InChI=1S/C24H32N2O3S2/c1-3-5-9-19-16-26(20-10-7-6-8-11-20)21-14-23(30-4-2)22(29-17-18-12-13-18)15-24(21)31(27,28)25-19/h6-8,10-11,14-15,18-19,25H,3-5,9,12-13,16-17H2,1-2H3. The van der Waals surface area contributed by atoms with Gasteiger partial charge in [0.15, 0.2) is 0 Å². The van der Waals surface area contributed by atoms with Crippen LogP contribution in [0.15, 0.2) is 52.3 Å². The molecule has 0 bridgehead atoms. The number of nitrogens with zero attached hydrogens (tertiary/aromatic N) is 1. The quantitative estimate of drug-likeness (QED) is 0.495. The molecule has 168 valence electrons. The lowest BCUT2D eigenvalue weighted by atomic mass is 10.1. The summed E-state index contributed by atoms with van der Waals surface area (Å²) in [5.74, 6) is 2.18. The summed E-state index contributed by atoms with van der Waals surface area (Å²) in [5.41, 5.74) is 1.73. The highest BCUT2D eigenvalue weighted by Crippen LogP contribution is 2.42. The van der Waals surface area contributed by atoms with Gasteiger partial charge in [-0.05, 0) is 49.1 Å². The minimum Gasteiger partial charge on any atom is -0.492 e. The van der Waals surface area contributed by atoms with Crippen LogP contribution < -0.4 is 14.4 Å². The molecule has 1 saturated carbocycles. The first-order chi connectivity index (χ1) is 15.0. The van der Waals surface area contributed by atoms with Crippen molar-refractivity contribution in [2.45, 2.75) is 61.8 Å². The fourth-order valence-electron chi connectivity index (χ4n) is 3.92. The molecule has 1 unspecified atom stereocenters. The van der Waals surface area contributed by atoms with Crippen molar-refractivity contribution >= 4 is 33.2 Å². The molecule has 1 N–H and O–H groups in total. The third kappa shape index (κ3) is 5.38. The molecule has 0 saturated heterocycles. The number of thioether (sulfide) groups is 1. The first-order valence-electron chi connectivity index (χ1n) is 11.3. The minimum absolute atomic E-state index is 0.143. The second-order valence-electron chi connectivity index (χ2n) is 8.36. The number of anilines is 2. The molecule has 0 amide bonds. The number of ether oxygens (including phenoxy) is 1. The molecular formula is C24H32N2O3S2. The van der Waals surface area contributed by atoms with Gasteiger partial charge in [0.2, 0.25) is 10.0 Å². The molecule has 0 radical (unpaired) electrons. The molecule has 0 aromatic heterocycles. The van der Waals surface area contributed by atoms with Crippen LogP contribution in [0.25, 0.3) is 0 Å². The summed E-state index contributed by atoms with van der Waals surface area (Å²) in [7, 11) is -3.66. The van der Waals surface area contributed by atoms with Crippen LogP contribution in [0, 0.1) is 5.92 Å². The number of para-hydroxylation sites is 1. The zero-order valence-corrected chi connectivity index (χ0v) is 20.0. The third-order valence-electron chi connectivity index (χ3n) is 5.78. The highest BCUT2D eigenvalue weighted by atomic mass is 32.2. The largest absolute Gasteiger partial charge is 0.492 e. The number of hydrogen-bond donors (Lipinski definition) is 1. The predicted octanol–water partition coefficient (Wildman–Crippen LogP) is 5.58. The average molecular weight is 461 g/mol. The van der Waals surface area contributed by atoms with E-state index >= 15 is 0 Å². The van der Waals surface area contributed by atoms with Crippen molar-refractivity contribution in [1.29, 1.82) is 0 Å². The summed E-state index contributed by atoms with van der Waals surface area (Å²) in [6.07, 6.45) is 5.23. The highest BCUT2D eigenvalue weighted by molar-refractivity contribution is 7.99. The molecular weight excluding hydrogens is 428 g/mol. The maximum absolute atomic E-state index is 13.4. The number of fused-ring (bicyclic) bond motifs is 1. The second kappa shape index (κ2) is 9.84. The van der Waals surface area contributed by atoms with Gasteiger partial charge in [-0.1, -0.05) is 44.9 Å². The summed E-state index contributed by atoms with van der Waals surface area (Å²) in [5, 5.41) is 0. The van der Waals surface area contributed by atoms with Crippen molar-refractivity contribution in [3.63, 3.8) is 0 Å². The Morgan fingerprint density at radius 2 is 1.94 bits per heavy atom. The van der Waals surface area contributed by atoms with E-state index in [-0.39, 0.29) is 6.04 Å². The Morgan fingerprint density at radius 1 is 1.16 bits per heavy atom. The third-order valence-corrected chi connectivity index (χ3v) is 8.24. The molecule has 31 heavy (non-hydrogen) atoms. The zero-order chi connectivity index (χ0) is 21.8. The molecule has 1 heterocycles. The molecule has 4 rings (SSSR count). The number of benzene rings is 2. The van der Waals surface area contributed by atoms with Crippen LogP contribution in [0.5, 0.6) is 5.75 Å². The number of unbranched alkanes of at least 4 members (excludes halogenated alkanes) is 1. The molecule has 1 aliphatic carbocycles. The molecule has 1 atom stereocenters.